The lowest BCUT2D eigenvalue weighted by atomic mass is 9.66. The molecule has 2 heterocycles. The molecule has 1 saturated heterocycles. The molecule has 0 amide bonds. The summed E-state index contributed by atoms with van der Waals surface area (Å²) in [5.41, 5.74) is 3.97. The molecule has 2 aliphatic rings. The van der Waals surface area contributed by atoms with Crippen LogP contribution in [0.25, 0.3) is 0 Å². The van der Waals surface area contributed by atoms with E-state index in [2.05, 4.69) is 51.1 Å². The molecular formula is C25H24O3. The van der Waals surface area contributed by atoms with E-state index in [1.165, 1.54) is 5.56 Å². The van der Waals surface area contributed by atoms with E-state index in [-0.39, 0.29) is 11.3 Å². The van der Waals surface area contributed by atoms with E-state index >= 15 is 0 Å². The lowest BCUT2D eigenvalue weighted by molar-refractivity contribution is -0.355. The van der Waals surface area contributed by atoms with E-state index in [1.807, 2.05) is 54.6 Å². The van der Waals surface area contributed by atoms with Gasteiger partial charge in [-0.05, 0) is 11.0 Å². The third-order valence-corrected chi connectivity index (χ3v) is 5.78. The lowest BCUT2D eigenvalue weighted by Gasteiger charge is -2.47. The van der Waals surface area contributed by atoms with Crippen LogP contribution in [-0.2, 0) is 26.1 Å². The highest BCUT2D eigenvalue weighted by atomic mass is 17.3. The van der Waals surface area contributed by atoms with E-state index in [1.54, 1.807) is 0 Å². The van der Waals surface area contributed by atoms with Crippen molar-refractivity contribution in [3.8, 4) is 0 Å². The van der Waals surface area contributed by atoms with Crippen LogP contribution in [0.15, 0.2) is 84.9 Å². The monoisotopic (exact) mass is 372 g/mol. The maximum absolute atomic E-state index is 6.87. The molecule has 28 heavy (non-hydrogen) atoms. The van der Waals surface area contributed by atoms with Crippen molar-refractivity contribution in [2.75, 3.05) is 0 Å². The van der Waals surface area contributed by atoms with Crippen molar-refractivity contribution in [2.24, 2.45) is 5.41 Å². The van der Waals surface area contributed by atoms with Gasteiger partial charge in [-0.3, -0.25) is 4.74 Å². The van der Waals surface area contributed by atoms with E-state index in [0.717, 1.165) is 16.7 Å². The molecule has 0 N–H and O–H groups in total. The summed E-state index contributed by atoms with van der Waals surface area (Å²) in [7, 11) is 0. The summed E-state index contributed by atoms with van der Waals surface area (Å²) in [5.74, 6) is -2.16. The summed E-state index contributed by atoms with van der Waals surface area (Å²) < 4.78 is 6.87. The molecule has 0 radical (unpaired) electrons. The highest BCUT2D eigenvalue weighted by Gasteiger charge is 2.66. The largest absolute Gasteiger partial charge is 0.299 e. The Morgan fingerprint density at radius 3 is 1.89 bits per heavy atom. The highest BCUT2D eigenvalue weighted by Crippen LogP contribution is 2.64. The average molecular weight is 372 g/mol. The van der Waals surface area contributed by atoms with Crippen LogP contribution >= 0.6 is 0 Å². The predicted molar refractivity (Wildman–Crippen MR) is 107 cm³/mol. The highest BCUT2D eigenvalue weighted by molar-refractivity contribution is 5.47. The van der Waals surface area contributed by atoms with E-state index < -0.39 is 11.6 Å². The van der Waals surface area contributed by atoms with E-state index in [4.69, 9.17) is 14.5 Å². The van der Waals surface area contributed by atoms with Gasteiger partial charge in [0, 0.05) is 16.7 Å². The Kier molecular flexibility index (Phi) is 3.79. The molecule has 2 bridgehead atoms. The standard InChI is InChI=1S/C25H24O3/c1-23(2,3)22-20-16-10-11-17-21(20)24(18-12-6-4-7-13-18)26-25(22,28-27-24)19-14-8-5-9-15-19/h4-17,22H,1-3H3/t22?,24-,25+/m0/s1. The summed E-state index contributed by atoms with van der Waals surface area (Å²) in [6, 6.07) is 28.6. The molecule has 2 aliphatic heterocycles. The fraction of sp³-hybridized carbons (Fsp3) is 0.280. The second-order valence-electron chi connectivity index (χ2n) is 8.67. The molecule has 142 valence electrons. The first-order valence-electron chi connectivity index (χ1n) is 9.75. The van der Waals surface area contributed by atoms with Gasteiger partial charge in [0.05, 0.1) is 5.92 Å². The molecule has 3 atom stereocenters. The Hall–Kier alpha value is -2.46. The topological polar surface area (TPSA) is 27.7 Å². The fourth-order valence-electron chi connectivity index (χ4n) is 4.73. The second-order valence-corrected chi connectivity index (χ2v) is 8.67. The first-order valence-corrected chi connectivity index (χ1v) is 9.75. The smallest absolute Gasteiger partial charge is 0.257 e. The first kappa shape index (κ1) is 17.6. The number of rotatable bonds is 2. The Labute approximate surface area is 165 Å². The number of ether oxygens (including phenoxy) is 1. The molecule has 3 heteroatoms. The van der Waals surface area contributed by atoms with Gasteiger partial charge in [-0.1, -0.05) is 106 Å². The maximum Gasteiger partial charge on any atom is 0.257 e. The van der Waals surface area contributed by atoms with Crippen LogP contribution in [0.5, 0.6) is 0 Å². The zero-order chi connectivity index (χ0) is 19.4. The van der Waals surface area contributed by atoms with Gasteiger partial charge in [-0.15, -0.1) is 0 Å². The van der Waals surface area contributed by atoms with Gasteiger partial charge in [0.25, 0.3) is 5.79 Å². The SMILES string of the molecule is CC(C)(C)C1c2ccccc2[C@]2(c3ccccc3)OO[C@@]1(c1ccccc1)O2. The van der Waals surface area contributed by atoms with Gasteiger partial charge < -0.3 is 0 Å². The van der Waals surface area contributed by atoms with Gasteiger partial charge in [0.1, 0.15) is 0 Å². The van der Waals surface area contributed by atoms with Crippen LogP contribution in [-0.4, -0.2) is 0 Å². The molecule has 0 aromatic heterocycles. The Balaban J connectivity index is 1.83. The molecule has 3 aromatic carbocycles. The summed E-state index contributed by atoms with van der Waals surface area (Å²) in [4.78, 5) is 12.3. The maximum atomic E-state index is 6.87. The lowest BCUT2D eigenvalue weighted by Crippen LogP contribution is -2.48. The van der Waals surface area contributed by atoms with Crippen LogP contribution in [0, 0.1) is 5.41 Å². The minimum absolute atomic E-state index is 0.0436. The molecule has 5 rings (SSSR count). The number of benzene rings is 3. The predicted octanol–water partition coefficient (Wildman–Crippen LogP) is 5.86. The van der Waals surface area contributed by atoms with Crippen LogP contribution in [0.4, 0.5) is 0 Å². The number of fused-ring (bicyclic) bond motifs is 4. The quantitative estimate of drug-likeness (QED) is 0.527. The molecule has 3 nitrogen and oxygen atoms in total. The molecule has 1 unspecified atom stereocenters. The Bertz CT molecular complexity index is 993. The van der Waals surface area contributed by atoms with Crippen molar-refractivity contribution in [3.63, 3.8) is 0 Å². The van der Waals surface area contributed by atoms with Crippen molar-refractivity contribution in [3.05, 3.63) is 107 Å². The average Bonchev–Trinajstić information content (AvgIpc) is 3.06. The summed E-state index contributed by atoms with van der Waals surface area (Å²) in [6.07, 6.45) is 0. The number of hydrogen-bond acceptors (Lipinski definition) is 3. The minimum Gasteiger partial charge on any atom is -0.299 e. The van der Waals surface area contributed by atoms with Crippen molar-refractivity contribution < 1.29 is 14.5 Å². The molecule has 1 fully saturated rings. The third-order valence-electron chi connectivity index (χ3n) is 5.78. The van der Waals surface area contributed by atoms with Gasteiger partial charge in [0.15, 0.2) is 0 Å². The zero-order valence-corrected chi connectivity index (χ0v) is 16.4. The van der Waals surface area contributed by atoms with E-state index in [9.17, 15) is 0 Å². The van der Waals surface area contributed by atoms with Crippen LogP contribution in [0.3, 0.4) is 0 Å². The van der Waals surface area contributed by atoms with Crippen LogP contribution in [0.1, 0.15) is 48.9 Å². The van der Waals surface area contributed by atoms with Crippen molar-refractivity contribution in [1.82, 2.24) is 0 Å². The van der Waals surface area contributed by atoms with Crippen molar-refractivity contribution in [2.45, 2.75) is 38.3 Å². The molecule has 0 spiro atoms. The second kappa shape index (κ2) is 6.02. The van der Waals surface area contributed by atoms with Crippen molar-refractivity contribution in [1.29, 1.82) is 0 Å². The van der Waals surface area contributed by atoms with Crippen LogP contribution < -0.4 is 0 Å². The molecular weight excluding hydrogens is 348 g/mol. The molecule has 3 aromatic rings. The third kappa shape index (κ3) is 2.34. The van der Waals surface area contributed by atoms with E-state index in [0.29, 0.717) is 0 Å². The first-order chi connectivity index (χ1) is 13.5. The van der Waals surface area contributed by atoms with Crippen LogP contribution in [0.2, 0.25) is 0 Å². The summed E-state index contributed by atoms with van der Waals surface area (Å²) in [6.45, 7) is 6.67. The fourth-order valence-corrected chi connectivity index (χ4v) is 4.73. The summed E-state index contributed by atoms with van der Waals surface area (Å²) >= 11 is 0. The van der Waals surface area contributed by atoms with Gasteiger partial charge in [-0.25, -0.2) is 0 Å². The Morgan fingerprint density at radius 1 is 0.679 bits per heavy atom. The van der Waals surface area contributed by atoms with Crippen molar-refractivity contribution >= 4 is 0 Å². The Morgan fingerprint density at radius 2 is 1.25 bits per heavy atom. The molecule has 0 aliphatic carbocycles. The normalized spacial score (nSPS) is 28.8. The minimum atomic E-state index is -1.09. The van der Waals surface area contributed by atoms with Gasteiger partial charge in [-0.2, -0.15) is 9.78 Å². The van der Waals surface area contributed by atoms with Gasteiger partial charge in [0.2, 0.25) is 5.79 Å². The zero-order valence-electron chi connectivity index (χ0n) is 16.4. The molecule has 0 saturated carbocycles. The number of hydrogen-bond donors (Lipinski definition) is 0. The van der Waals surface area contributed by atoms with Gasteiger partial charge >= 0.3 is 0 Å². The summed E-state index contributed by atoms with van der Waals surface area (Å²) in [5, 5.41) is 0.